The van der Waals surface area contributed by atoms with E-state index in [1.165, 1.54) is 0 Å². The van der Waals surface area contributed by atoms with Gasteiger partial charge in [0.25, 0.3) is 0 Å². The Morgan fingerprint density at radius 2 is 1.71 bits per heavy atom. The standard InChI is InChI=1S/C7H5NO.C4H4O4/c1-2-4-7-6(3-1)5-8-9-7;5-3(6)1-2-4(7)8/h1-5H;1-2H,(H,5,6)(H,7,8). The van der Waals surface area contributed by atoms with Crippen LogP contribution in [-0.2, 0) is 9.59 Å². The van der Waals surface area contributed by atoms with E-state index in [2.05, 4.69) is 5.16 Å². The third-order valence-electron chi connectivity index (χ3n) is 1.63. The Hall–Kier alpha value is -2.63. The molecule has 1 heterocycles. The van der Waals surface area contributed by atoms with Crippen LogP contribution in [0.2, 0.25) is 0 Å². The minimum absolute atomic E-state index is 0.558. The highest BCUT2D eigenvalue weighted by molar-refractivity contribution is 5.89. The van der Waals surface area contributed by atoms with E-state index in [0.29, 0.717) is 12.2 Å². The molecule has 0 saturated carbocycles. The fraction of sp³-hybridized carbons (Fsp3) is 0. The topological polar surface area (TPSA) is 101 Å². The second-order valence-electron chi connectivity index (χ2n) is 2.87. The van der Waals surface area contributed by atoms with Crippen LogP contribution in [0.3, 0.4) is 0 Å². The van der Waals surface area contributed by atoms with E-state index in [0.717, 1.165) is 11.0 Å². The van der Waals surface area contributed by atoms with E-state index in [1.807, 2.05) is 24.3 Å². The Morgan fingerprint density at radius 1 is 1.12 bits per heavy atom. The Labute approximate surface area is 95.8 Å². The summed E-state index contributed by atoms with van der Waals surface area (Å²) in [6, 6.07) is 7.74. The lowest BCUT2D eigenvalue weighted by Crippen LogP contribution is -1.91. The molecule has 1 aromatic heterocycles. The molecule has 2 aromatic rings. The minimum Gasteiger partial charge on any atom is -0.478 e. The molecular formula is C11H9NO5. The summed E-state index contributed by atoms with van der Waals surface area (Å²) in [5.41, 5.74) is 0.845. The Balaban J connectivity index is 0.000000172. The SMILES string of the molecule is O=C(O)C=CC(=O)O.c1ccc2oncc2c1. The van der Waals surface area contributed by atoms with Gasteiger partial charge >= 0.3 is 11.9 Å². The van der Waals surface area contributed by atoms with Gasteiger partial charge in [-0.3, -0.25) is 0 Å². The van der Waals surface area contributed by atoms with Crippen molar-refractivity contribution in [3.63, 3.8) is 0 Å². The number of fused-ring (bicyclic) bond motifs is 1. The van der Waals surface area contributed by atoms with Gasteiger partial charge in [0.2, 0.25) is 0 Å². The number of benzene rings is 1. The smallest absolute Gasteiger partial charge is 0.328 e. The molecule has 6 heteroatoms. The van der Waals surface area contributed by atoms with E-state index in [9.17, 15) is 9.59 Å². The van der Waals surface area contributed by atoms with Crippen molar-refractivity contribution in [3.8, 4) is 0 Å². The number of nitrogens with zero attached hydrogens (tertiary/aromatic N) is 1. The molecule has 17 heavy (non-hydrogen) atoms. The number of para-hydroxylation sites is 1. The number of aliphatic carboxylic acids is 2. The van der Waals surface area contributed by atoms with E-state index >= 15 is 0 Å². The van der Waals surface area contributed by atoms with Gasteiger partial charge < -0.3 is 14.7 Å². The lowest BCUT2D eigenvalue weighted by atomic mass is 10.3. The first-order chi connectivity index (χ1) is 8.09. The van der Waals surface area contributed by atoms with E-state index < -0.39 is 11.9 Å². The van der Waals surface area contributed by atoms with Crippen molar-refractivity contribution in [1.82, 2.24) is 5.16 Å². The predicted octanol–water partition coefficient (Wildman–Crippen LogP) is 1.54. The van der Waals surface area contributed by atoms with Crippen molar-refractivity contribution >= 4 is 22.9 Å². The zero-order valence-electron chi connectivity index (χ0n) is 8.61. The molecule has 88 valence electrons. The molecule has 0 radical (unpaired) electrons. The average Bonchev–Trinajstić information content (AvgIpc) is 2.75. The van der Waals surface area contributed by atoms with Crippen LogP contribution in [-0.4, -0.2) is 27.3 Å². The maximum absolute atomic E-state index is 9.55. The van der Waals surface area contributed by atoms with Crippen LogP contribution in [0.1, 0.15) is 0 Å². The number of hydrogen-bond acceptors (Lipinski definition) is 4. The lowest BCUT2D eigenvalue weighted by Gasteiger charge is -1.78. The first kappa shape index (κ1) is 12.4. The van der Waals surface area contributed by atoms with Crippen molar-refractivity contribution in [1.29, 1.82) is 0 Å². The summed E-state index contributed by atoms with van der Waals surface area (Å²) in [6.45, 7) is 0. The Morgan fingerprint density at radius 3 is 2.24 bits per heavy atom. The van der Waals surface area contributed by atoms with Gasteiger partial charge in [-0.25, -0.2) is 9.59 Å². The summed E-state index contributed by atoms with van der Waals surface area (Å²) in [7, 11) is 0. The van der Waals surface area contributed by atoms with Crippen molar-refractivity contribution in [2.24, 2.45) is 0 Å². The highest BCUT2D eigenvalue weighted by Gasteiger charge is 1.91. The maximum atomic E-state index is 9.55. The molecule has 0 amide bonds. The molecule has 0 aliphatic heterocycles. The van der Waals surface area contributed by atoms with Gasteiger partial charge in [-0.2, -0.15) is 0 Å². The molecule has 2 N–H and O–H groups in total. The van der Waals surface area contributed by atoms with Gasteiger partial charge in [-0.15, -0.1) is 0 Å². The third kappa shape index (κ3) is 4.61. The van der Waals surface area contributed by atoms with Gasteiger partial charge in [-0.1, -0.05) is 17.3 Å². The van der Waals surface area contributed by atoms with E-state index in [4.69, 9.17) is 14.7 Å². The van der Waals surface area contributed by atoms with Gasteiger partial charge in [0, 0.05) is 17.5 Å². The fourth-order valence-corrected chi connectivity index (χ4v) is 0.953. The van der Waals surface area contributed by atoms with Crippen LogP contribution in [0.4, 0.5) is 0 Å². The van der Waals surface area contributed by atoms with E-state index in [1.54, 1.807) is 6.20 Å². The summed E-state index contributed by atoms with van der Waals surface area (Å²) in [5, 5.41) is 20.3. The second-order valence-corrected chi connectivity index (χ2v) is 2.87. The monoisotopic (exact) mass is 235 g/mol. The lowest BCUT2D eigenvalue weighted by molar-refractivity contribution is -0.134. The summed E-state index contributed by atoms with van der Waals surface area (Å²) < 4.78 is 4.87. The van der Waals surface area contributed by atoms with Crippen LogP contribution in [0.25, 0.3) is 11.0 Å². The zero-order valence-corrected chi connectivity index (χ0v) is 8.61. The van der Waals surface area contributed by atoms with Crippen LogP contribution in [0.5, 0.6) is 0 Å². The Bertz CT molecular complexity index is 497. The van der Waals surface area contributed by atoms with Gasteiger partial charge in [0.1, 0.15) is 0 Å². The van der Waals surface area contributed by atoms with E-state index in [-0.39, 0.29) is 0 Å². The first-order valence-electron chi connectivity index (χ1n) is 4.53. The summed E-state index contributed by atoms with van der Waals surface area (Å²) >= 11 is 0. The molecular weight excluding hydrogens is 226 g/mol. The number of hydrogen-bond donors (Lipinski definition) is 2. The molecule has 0 aliphatic rings. The predicted molar refractivity (Wildman–Crippen MR) is 58.4 cm³/mol. The van der Waals surface area contributed by atoms with Crippen molar-refractivity contribution in [2.75, 3.05) is 0 Å². The summed E-state index contributed by atoms with van der Waals surface area (Å²) in [5.74, 6) is -2.51. The molecule has 0 fully saturated rings. The quantitative estimate of drug-likeness (QED) is 0.765. The summed E-state index contributed by atoms with van der Waals surface area (Å²) in [6.07, 6.45) is 2.82. The number of carboxylic acids is 2. The number of aromatic nitrogens is 1. The fourth-order valence-electron chi connectivity index (χ4n) is 0.953. The van der Waals surface area contributed by atoms with Crippen molar-refractivity contribution < 1.29 is 24.3 Å². The molecule has 0 spiro atoms. The maximum Gasteiger partial charge on any atom is 0.328 e. The molecule has 6 nitrogen and oxygen atoms in total. The molecule has 1 aromatic carbocycles. The number of carbonyl (C=O) groups is 2. The molecule has 0 bridgehead atoms. The Kier molecular flexibility index (Phi) is 4.44. The average molecular weight is 235 g/mol. The number of carboxylic acid groups (broad SMARTS) is 2. The van der Waals surface area contributed by atoms with Crippen molar-refractivity contribution in [3.05, 3.63) is 42.6 Å². The van der Waals surface area contributed by atoms with Crippen molar-refractivity contribution in [2.45, 2.75) is 0 Å². The molecule has 0 unspecified atom stereocenters. The first-order valence-corrected chi connectivity index (χ1v) is 4.53. The highest BCUT2D eigenvalue weighted by Crippen LogP contribution is 2.10. The molecule has 0 aliphatic carbocycles. The highest BCUT2D eigenvalue weighted by atomic mass is 16.5. The van der Waals surface area contributed by atoms with Gasteiger partial charge in [0.05, 0.1) is 6.20 Å². The summed E-state index contributed by atoms with van der Waals surface area (Å²) in [4.78, 5) is 19.1. The largest absolute Gasteiger partial charge is 0.478 e. The third-order valence-corrected chi connectivity index (χ3v) is 1.63. The molecule has 2 rings (SSSR count). The van der Waals surface area contributed by atoms with Crippen LogP contribution < -0.4 is 0 Å². The zero-order chi connectivity index (χ0) is 12.7. The van der Waals surface area contributed by atoms with Crippen LogP contribution in [0, 0.1) is 0 Å². The number of rotatable bonds is 2. The van der Waals surface area contributed by atoms with Gasteiger partial charge in [0.15, 0.2) is 5.58 Å². The minimum atomic E-state index is -1.26. The van der Waals surface area contributed by atoms with Gasteiger partial charge in [-0.05, 0) is 12.1 Å². The van der Waals surface area contributed by atoms with Crippen LogP contribution in [0.15, 0.2) is 47.1 Å². The second kappa shape index (κ2) is 6.06. The normalized spacial score (nSPS) is 9.88. The van der Waals surface area contributed by atoms with Crippen LogP contribution >= 0.6 is 0 Å². The molecule has 0 atom stereocenters. The molecule has 0 saturated heterocycles.